The molecule has 0 aliphatic heterocycles. The molecule has 0 aliphatic carbocycles. The molecule has 0 unspecified atom stereocenters. The first-order valence-corrected chi connectivity index (χ1v) is 10.0. The fourth-order valence-corrected chi connectivity index (χ4v) is 3.39. The number of ether oxygens (including phenoxy) is 1. The van der Waals surface area contributed by atoms with Crippen LogP contribution >= 0.6 is 0 Å². The number of carbonyl (C=O) groups excluding carboxylic acids is 1. The Morgan fingerprint density at radius 3 is 2.48 bits per heavy atom. The van der Waals surface area contributed by atoms with E-state index in [9.17, 15) is 13.2 Å². The van der Waals surface area contributed by atoms with Crippen molar-refractivity contribution in [2.24, 2.45) is 0 Å². The standard InChI is InChI=1S/C19H24N2O5S/c1-14-4-5-15(2)18(12-14)21-27(24,25)17-8-6-16(7-9-17)26-13-19(23)20-10-3-11-22/h4-9,12,21-22H,3,10-11,13H2,1-2H3,(H,20,23). The number of anilines is 1. The van der Waals surface area contributed by atoms with Gasteiger partial charge in [0, 0.05) is 13.2 Å². The van der Waals surface area contributed by atoms with Crippen molar-refractivity contribution in [1.29, 1.82) is 0 Å². The minimum Gasteiger partial charge on any atom is -0.484 e. The van der Waals surface area contributed by atoms with Gasteiger partial charge in [0.2, 0.25) is 0 Å². The van der Waals surface area contributed by atoms with E-state index >= 15 is 0 Å². The summed E-state index contributed by atoms with van der Waals surface area (Å²) in [6, 6.07) is 11.4. The van der Waals surface area contributed by atoms with Crippen LogP contribution in [0.1, 0.15) is 17.5 Å². The van der Waals surface area contributed by atoms with E-state index < -0.39 is 10.0 Å². The molecule has 0 aliphatic rings. The van der Waals surface area contributed by atoms with Gasteiger partial charge in [0.15, 0.2) is 6.61 Å². The van der Waals surface area contributed by atoms with Gasteiger partial charge in [-0.05, 0) is 61.7 Å². The molecule has 1 amide bonds. The van der Waals surface area contributed by atoms with Crippen molar-refractivity contribution in [1.82, 2.24) is 5.32 Å². The average molecular weight is 392 g/mol. The summed E-state index contributed by atoms with van der Waals surface area (Å²) in [4.78, 5) is 11.7. The summed E-state index contributed by atoms with van der Waals surface area (Å²) >= 11 is 0. The van der Waals surface area contributed by atoms with Crippen molar-refractivity contribution in [2.45, 2.75) is 25.2 Å². The van der Waals surface area contributed by atoms with E-state index in [0.717, 1.165) is 11.1 Å². The summed E-state index contributed by atoms with van der Waals surface area (Å²) in [5.41, 5.74) is 2.32. The molecule has 0 saturated heterocycles. The fourth-order valence-electron chi connectivity index (χ4n) is 2.27. The quantitative estimate of drug-likeness (QED) is 0.566. The number of aryl methyl sites for hydroxylation is 2. The highest BCUT2D eigenvalue weighted by Gasteiger charge is 2.15. The number of hydrogen-bond donors (Lipinski definition) is 3. The summed E-state index contributed by atoms with van der Waals surface area (Å²) in [6.07, 6.45) is 0.478. The highest BCUT2D eigenvalue weighted by atomic mass is 32.2. The Morgan fingerprint density at radius 2 is 1.81 bits per heavy atom. The van der Waals surface area contributed by atoms with Gasteiger partial charge in [-0.3, -0.25) is 9.52 Å². The zero-order valence-electron chi connectivity index (χ0n) is 15.4. The Balaban J connectivity index is 1.99. The predicted octanol–water partition coefficient (Wildman–Crippen LogP) is 1.98. The lowest BCUT2D eigenvalue weighted by Gasteiger charge is -2.12. The minimum absolute atomic E-state index is 0.00713. The zero-order valence-corrected chi connectivity index (χ0v) is 16.2. The van der Waals surface area contributed by atoms with Gasteiger partial charge in [-0.1, -0.05) is 12.1 Å². The lowest BCUT2D eigenvalue weighted by atomic mass is 10.1. The minimum atomic E-state index is -3.72. The summed E-state index contributed by atoms with van der Waals surface area (Å²) in [7, 11) is -3.72. The molecule has 2 rings (SSSR count). The molecule has 2 aromatic rings. The number of sulfonamides is 1. The number of aliphatic hydroxyl groups excluding tert-OH is 1. The first-order chi connectivity index (χ1) is 12.8. The Labute approximate surface area is 159 Å². The molecule has 2 aromatic carbocycles. The van der Waals surface area contributed by atoms with Crippen LogP contribution in [-0.4, -0.2) is 39.2 Å². The van der Waals surface area contributed by atoms with Gasteiger partial charge >= 0.3 is 0 Å². The maximum Gasteiger partial charge on any atom is 0.261 e. The predicted molar refractivity (Wildman–Crippen MR) is 103 cm³/mol. The van der Waals surface area contributed by atoms with E-state index in [1.807, 2.05) is 26.0 Å². The third-order valence-corrected chi connectivity index (χ3v) is 5.18. The van der Waals surface area contributed by atoms with Crippen molar-refractivity contribution in [3.8, 4) is 5.75 Å². The van der Waals surface area contributed by atoms with Crippen molar-refractivity contribution in [3.63, 3.8) is 0 Å². The molecule has 8 heteroatoms. The smallest absolute Gasteiger partial charge is 0.261 e. The molecule has 0 spiro atoms. The number of hydrogen-bond acceptors (Lipinski definition) is 5. The van der Waals surface area contributed by atoms with E-state index in [0.29, 0.717) is 24.4 Å². The molecule has 0 radical (unpaired) electrons. The molecule has 3 N–H and O–H groups in total. The van der Waals surface area contributed by atoms with Gasteiger partial charge in [-0.25, -0.2) is 8.42 Å². The van der Waals surface area contributed by atoms with Crippen LogP contribution < -0.4 is 14.8 Å². The second-order valence-electron chi connectivity index (χ2n) is 6.11. The Morgan fingerprint density at radius 1 is 1.11 bits per heavy atom. The number of nitrogens with one attached hydrogen (secondary N) is 2. The molecular weight excluding hydrogens is 368 g/mol. The average Bonchev–Trinajstić information content (AvgIpc) is 2.63. The molecule has 0 atom stereocenters. The van der Waals surface area contributed by atoms with E-state index in [1.54, 1.807) is 6.07 Å². The second-order valence-corrected chi connectivity index (χ2v) is 7.79. The van der Waals surface area contributed by atoms with Crippen molar-refractivity contribution in [3.05, 3.63) is 53.6 Å². The van der Waals surface area contributed by atoms with E-state index in [-0.39, 0.29) is 24.0 Å². The van der Waals surface area contributed by atoms with Crippen molar-refractivity contribution >= 4 is 21.6 Å². The third kappa shape index (κ3) is 6.26. The molecule has 27 heavy (non-hydrogen) atoms. The number of benzene rings is 2. The van der Waals surface area contributed by atoms with Crippen LogP contribution in [0.2, 0.25) is 0 Å². The first-order valence-electron chi connectivity index (χ1n) is 8.52. The van der Waals surface area contributed by atoms with Crippen LogP contribution in [0.3, 0.4) is 0 Å². The van der Waals surface area contributed by atoms with Gasteiger partial charge in [0.05, 0.1) is 10.6 Å². The number of carbonyl (C=O) groups is 1. The lowest BCUT2D eigenvalue weighted by molar-refractivity contribution is -0.123. The highest BCUT2D eigenvalue weighted by Crippen LogP contribution is 2.22. The maximum absolute atomic E-state index is 12.6. The molecule has 0 aromatic heterocycles. The van der Waals surface area contributed by atoms with Crippen LogP contribution in [-0.2, 0) is 14.8 Å². The topological polar surface area (TPSA) is 105 Å². The van der Waals surface area contributed by atoms with Gasteiger partial charge in [-0.2, -0.15) is 0 Å². The molecule has 0 saturated carbocycles. The van der Waals surface area contributed by atoms with E-state index in [1.165, 1.54) is 24.3 Å². The lowest BCUT2D eigenvalue weighted by Crippen LogP contribution is -2.30. The molecule has 146 valence electrons. The van der Waals surface area contributed by atoms with Gasteiger partial charge < -0.3 is 15.2 Å². The summed E-state index contributed by atoms with van der Waals surface area (Å²) in [6.45, 7) is 3.93. The summed E-state index contributed by atoms with van der Waals surface area (Å²) in [5.74, 6) is 0.0785. The van der Waals surface area contributed by atoms with E-state index in [2.05, 4.69) is 10.0 Å². The fraction of sp³-hybridized carbons (Fsp3) is 0.316. The van der Waals surface area contributed by atoms with Gasteiger partial charge in [0.1, 0.15) is 5.75 Å². The Hall–Kier alpha value is -2.58. The molecule has 7 nitrogen and oxygen atoms in total. The van der Waals surface area contributed by atoms with Crippen LogP contribution in [0.25, 0.3) is 0 Å². The molecule has 0 bridgehead atoms. The number of rotatable bonds is 9. The zero-order chi connectivity index (χ0) is 19.9. The third-order valence-electron chi connectivity index (χ3n) is 3.80. The normalized spacial score (nSPS) is 11.1. The van der Waals surface area contributed by atoms with Crippen LogP contribution in [0.5, 0.6) is 5.75 Å². The summed E-state index contributed by atoms with van der Waals surface area (Å²) in [5, 5.41) is 11.3. The SMILES string of the molecule is Cc1ccc(C)c(NS(=O)(=O)c2ccc(OCC(=O)NCCCO)cc2)c1. The van der Waals surface area contributed by atoms with Gasteiger partial charge in [-0.15, -0.1) is 0 Å². The highest BCUT2D eigenvalue weighted by molar-refractivity contribution is 7.92. The Bertz CT molecular complexity index is 879. The number of amides is 1. The van der Waals surface area contributed by atoms with Gasteiger partial charge in [0.25, 0.3) is 15.9 Å². The monoisotopic (exact) mass is 392 g/mol. The second kappa shape index (κ2) is 9.38. The molecular formula is C19H24N2O5S. The maximum atomic E-state index is 12.6. The summed E-state index contributed by atoms with van der Waals surface area (Å²) < 4.78 is 33.0. The van der Waals surface area contributed by atoms with Crippen LogP contribution in [0.4, 0.5) is 5.69 Å². The first kappa shape index (κ1) is 20.7. The molecule has 0 heterocycles. The largest absolute Gasteiger partial charge is 0.484 e. The van der Waals surface area contributed by atoms with Crippen molar-refractivity contribution < 1.29 is 23.1 Å². The Kier molecular flexibility index (Phi) is 7.20. The molecule has 0 fully saturated rings. The number of aliphatic hydroxyl groups is 1. The van der Waals surface area contributed by atoms with Crippen LogP contribution in [0.15, 0.2) is 47.4 Å². The van der Waals surface area contributed by atoms with E-state index in [4.69, 9.17) is 9.84 Å². The van der Waals surface area contributed by atoms with Crippen LogP contribution in [0, 0.1) is 13.8 Å². The van der Waals surface area contributed by atoms with Crippen molar-refractivity contribution in [2.75, 3.05) is 24.5 Å².